The number of morpholine rings is 1. The van der Waals surface area contributed by atoms with Crippen molar-refractivity contribution in [1.29, 1.82) is 0 Å². The predicted molar refractivity (Wildman–Crippen MR) is 84.5 cm³/mol. The van der Waals surface area contributed by atoms with E-state index in [-0.39, 0.29) is 18.1 Å². The second-order valence-corrected chi connectivity index (χ2v) is 6.98. The van der Waals surface area contributed by atoms with Crippen molar-refractivity contribution in [2.24, 2.45) is 5.92 Å². The second kappa shape index (κ2) is 6.29. The fraction of sp³-hybridized carbons (Fsp3) is 0.722. The van der Waals surface area contributed by atoms with E-state index < -0.39 is 0 Å². The number of ether oxygens (including phenoxy) is 2. The quantitative estimate of drug-likeness (QED) is 0.856. The third-order valence-corrected chi connectivity index (χ3v) is 5.60. The smallest absolute Gasteiger partial charge is 0.257 e. The first kappa shape index (κ1) is 15.2. The largest absolute Gasteiger partial charge is 0.468 e. The number of rotatable bonds is 4. The Bertz CT molecular complexity index is 565. The molecule has 126 valence electrons. The minimum atomic E-state index is 0.107. The molecule has 0 aromatic carbocycles. The van der Waals surface area contributed by atoms with Gasteiger partial charge in [-0.2, -0.15) is 0 Å². The van der Waals surface area contributed by atoms with Crippen LogP contribution in [0.4, 0.5) is 0 Å². The first-order valence-corrected chi connectivity index (χ1v) is 8.78. The topological polar surface area (TPSA) is 51.9 Å². The highest BCUT2D eigenvalue weighted by molar-refractivity contribution is 5.95. The number of methoxy groups -OCH3 is 1. The van der Waals surface area contributed by atoms with Crippen LogP contribution in [0.1, 0.15) is 54.1 Å². The highest BCUT2D eigenvalue weighted by Crippen LogP contribution is 2.43. The summed E-state index contributed by atoms with van der Waals surface area (Å²) in [6.07, 6.45) is 7.52. The van der Waals surface area contributed by atoms with Crippen molar-refractivity contribution in [3.63, 3.8) is 0 Å². The molecule has 1 aromatic heterocycles. The van der Waals surface area contributed by atoms with Gasteiger partial charge < -0.3 is 18.8 Å². The average Bonchev–Trinajstić information content (AvgIpc) is 3.14. The number of amides is 1. The van der Waals surface area contributed by atoms with Crippen LogP contribution in [-0.4, -0.2) is 49.8 Å². The van der Waals surface area contributed by atoms with E-state index in [1.54, 1.807) is 13.4 Å². The molecular weight excluding hydrogens is 294 g/mol. The van der Waals surface area contributed by atoms with Gasteiger partial charge in [-0.15, -0.1) is 0 Å². The summed E-state index contributed by atoms with van der Waals surface area (Å²) < 4.78 is 17.0. The lowest BCUT2D eigenvalue weighted by molar-refractivity contribution is -0.0461. The first-order chi connectivity index (χ1) is 11.3. The molecule has 2 saturated carbocycles. The van der Waals surface area contributed by atoms with Gasteiger partial charge in [0.2, 0.25) is 0 Å². The summed E-state index contributed by atoms with van der Waals surface area (Å²) in [5, 5.41) is 0. The minimum absolute atomic E-state index is 0.107. The number of nitrogens with zero attached hydrogens (tertiary/aromatic N) is 1. The maximum Gasteiger partial charge on any atom is 0.257 e. The lowest BCUT2D eigenvalue weighted by Crippen LogP contribution is -2.53. The number of carbonyl (C=O) groups excluding carboxylic acids is 1. The van der Waals surface area contributed by atoms with E-state index >= 15 is 0 Å². The fourth-order valence-electron chi connectivity index (χ4n) is 4.23. The highest BCUT2D eigenvalue weighted by Gasteiger charge is 2.42. The van der Waals surface area contributed by atoms with Gasteiger partial charge in [0.05, 0.1) is 37.2 Å². The van der Waals surface area contributed by atoms with Gasteiger partial charge >= 0.3 is 0 Å². The molecule has 1 aliphatic heterocycles. The standard InChI is InChI=1S/C18H25NO4/c1-21-16-4-2-3-13(16)15-11-22-10-8-19(15)18(20)14-7-9-23-17(14)12-5-6-12/h7,9,12-13,15-16H,2-6,8,10-11H2,1H3/t13-,15-,16-/m1/s1. The number of hydrogen-bond acceptors (Lipinski definition) is 4. The Labute approximate surface area is 136 Å². The van der Waals surface area contributed by atoms with E-state index in [4.69, 9.17) is 13.9 Å². The molecule has 0 N–H and O–H groups in total. The maximum absolute atomic E-state index is 13.1. The zero-order valence-electron chi connectivity index (χ0n) is 13.7. The summed E-state index contributed by atoms with van der Waals surface area (Å²) >= 11 is 0. The fourth-order valence-corrected chi connectivity index (χ4v) is 4.23. The molecule has 3 atom stereocenters. The molecule has 0 unspecified atom stereocenters. The summed E-state index contributed by atoms with van der Waals surface area (Å²) in [5.74, 6) is 1.81. The van der Waals surface area contributed by atoms with E-state index in [0.717, 1.165) is 37.0 Å². The van der Waals surface area contributed by atoms with Crippen molar-refractivity contribution < 1.29 is 18.7 Å². The van der Waals surface area contributed by atoms with Crippen LogP contribution in [0.25, 0.3) is 0 Å². The van der Waals surface area contributed by atoms with Crippen molar-refractivity contribution in [3.8, 4) is 0 Å². The summed E-state index contributed by atoms with van der Waals surface area (Å²) in [5.41, 5.74) is 0.756. The Morgan fingerprint density at radius 2 is 2.17 bits per heavy atom. The number of carbonyl (C=O) groups is 1. The van der Waals surface area contributed by atoms with Gasteiger partial charge in [-0.05, 0) is 31.7 Å². The summed E-state index contributed by atoms with van der Waals surface area (Å²) in [6, 6.07) is 1.95. The van der Waals surface area contributed by atoms with Gasteiger partial charge in [0.25, 0.3) is 5.91 Å². The molecular formula is C18H25NO4. The van der Waals surface area contributed by atoms with Crippen molar-refractivity contribution in [2.75, 3.05) is 26.9 Å². The average molecular weight is 319 g/mol. The lowest BCUT2D eigenvalue weighted by atomic mass is 9.93. The normalized spacial score (nSPS) is 31.5. The number of furan rings is 1. The second-order valence-electron chi connectivity index (χ2n) is 6.98. The van der Waals surface area contributed by atoms with Gasteiger partial charge in [-0.1, -0.05) is 6.42 Å². The molecule has 3 fully saturated rings. The Hall–Kier alpha value is -1.33. The van der Waals surface area contributed by atoms with Gasteiger partial charge in [0.15, 0.2) is 0 Å². The Morgan fingerprint density at radius 1 is 1.30 bits per heavy atom. The van der Waals surface area contributed by atoms with E-state index in [9.17, 15) is 4.79 Å². The van der Waals surface area contributed by atoms with Crippen LogP contribution in [0, 0.1) is 5.92 Å². The van der Waals surface area contributed by atoms with Gasteiger partial charge in [-0.25, -0.2) is 0 Å². The van der Waals surface area contributed by atoms with Crippen LogP contribution in [0.15, 0.2) is 16.7 Å². The Morgan fingerprint density at radius 3 is 2.96 bits per heavy atom. The molecule has 0 radical (unpaired) electrons. The van der Waals surface area contributed by atoms with Crippen molar-refractivity contribution in [3.05, 3.63) is 23.7 Å². The van der Waals surface area contributed by atoms with Crippen LogP contribution < -0.4 is 0 Å². The van der Waals surface area contributed by atoms with E-state index in [0.29, 0.717) is 31.6 Å². The molecule has 4 rings (SSSR count). The molecule has 3 aliphatic rings. The Kier molecular flexibility index (Phi) is 4.16. The molecule has 23 heavy (non-hydrogen) atoms. The van der Waals surface area contributed by atoms with E-state index in [2.05, 4.69) is 0 Å². The molecule has 2 aliphatic carbocycles. The number of hydrogen-bond donors (Lipinski definition) is 0. The van der Waals surface area contributed by atoms with Crippen molar-refractivity contribution in [1.82, 2.24) is 4.90 Å². The zero-order chi connectivity index (χ0) is 15.8. The third kappa shape index (κ3) is 2.81. The van der Waals surface area contributed by atoms with Gasteiger partial charge in [-0.3, -0.25) is 4.79 Å². The molecule has 0 bridgehead atoms. The minimum Gasteiger partial charge on any atom is -0.468 e. The molecule has 2 heterocycles. The predicted octanol–water partition coefficient (Wildman–Crippen LogP) is 2.81. The SMILES string of the molecule is CO[C@@H]1CCC[C@@H]1[C@H]1COCCN1C(=O)c1ccoc1C1CC1. The zero-order valence-corrected chi connectivity index (χ0v) is 13.7. The first-order valence-electron chi connectivity index (χ1n) is 8.78. The summed E-state index contributed by atoms with van der Waals surface area (Å²) in [7, 11) is 1.78. The molecule has 5 heteroatoms. The van der Waals surface area contributed by atoms with E-state index in [1.165, 1.54) is 6.42 Å². The monoisotopic (exact) mass is 319 g/mol. The summed E-state index contributed by atoms with van der Waals surface area (Å²) in [4.78, 5) is 15.2. The highest BCUT2D eigenvalue weighted by atomic mass is 16.5. The maximum atomic E-state index is 13.1. The van der Waals surface area contributed by atoms with Crippen molar-refractivity contribution >= 4 is 5.91 Å². The molecule has 1 amide bonds. The molecule has 1 saturated heterocycles. The van der Waals surface area contributed by atoms with E-state index in [1.807, 2.05) is 11.0 Å². The van der Waals surface area contributed by atoms with Gasteiger partial charge in [0.1, 0.15) is 5.76 Å². The molecule has 0 spiro atoms. The van der Waals surface area contributed by atoms with Crippen molar-refractivity contribution in [2.45, 2.75) is 50.2 Å². The molecule has 1 aromatic rings. The van der Waals surface area contributed by atoms with Crippen LogP contribution >= 0.6 is 0 Å². The van der Waals surface area contributed by atoms with Crippen LogP contribution in [0.3, 0.4) is 0 Å². The Balaban J connectivity index is 1.57. The molecule has 5 nitrogen and oxygen atoms in total. The third-order valence-electron chi connectivity index (χ3n) is 5.60. The summed E-state index contributed by atoms with van der Waals surface area (Å²) in [6.45, 7) is 1.89. The van der Waals surface area contributed by atoms with Crippen LogP contribution in [0.2, 0.25) is 0 Å². The lowest BCUT2D eigenvalue weighted by Gasteiger charge is -2.40. The van der Waals surface area contributed by atoms with Gasteiger partial charge in [0, 0.05) is 25.5 Å². The van der Waals surface area contributed by atoms with Crippen LogP contribution in [-0.2, 0) is 9.47 Å². The van der Waals surface area contributed by atoms with Crippen LogP contribution in [0.5, 0.6) is 0 Å².